The second kappa shape index (κ2) is 7.32. The third-order valence-electron chi connectivity index (χ3n) is 4.97. The van der Waals surface area contributed by atoms with E-state index in [1.54, 1.807) is 13.2 Å². The van der Waals surface area contributed by atoms with Gasteiger partial charge in [-0.1, -0.05) is 31.4 Å². The number of rotatable bonds is 6. The van der Waals surface area contributed by atoms with Crippen molar-refractivity contribution in [3.63, 3.8) is 0 Å². The fourth-order valence-electron chi connectivity index (χ4n) is 3.82. The molecule has 3 rings (SSSR count). The van der Waals surface area contributed by atoms with Crippen molar-refractivity contribution in [3.05, 3.63) is 65.9 Å². The van der Waals surface area contributed by atoms with Crippen molar-refractivity contribution in [2.45, 2.75) is 45.3 Å². The standard InChI is InChI=1S/C22H27NO2/c1-5-6-9-15(2)14-23-20(16(3)24)13-19-21(25-4)12-17-10-7-8-11-18(17)22(19)23/h5-6,9,12-13,16,24H,1-2,7-8,10-11,14H2,3-4H3/b9-6-. The Morgan fingerprint density at radius 1 is 1.36 bits per heavy atom. The molecule has 1 aliphatic carbocycles. The van der Waals surface area contributed by atoms with Gasteiger partial charge in [0.05, 0.1) is 18.7 Å². The molecule has 0 radical (unpaired) electrons. The van der Waals surface area contributed by atoms with Gasteiger partial charge in [0, 0.05) is 17.6 Å². The quantitative estimate of drug-likeness (QED) is 0.762. The molecule has 0 fully saturated rings. The Labute approximate surface area is 149 Å². The smallest absolute Gasteiger partial charge is 0.128 e. The summed E-state index contributed by atoms with van der Waals surface area (Å²) in [7, 11) is 1.72. The summed E-state index contributed by atoms with van der Waals surface area (Å²) in [5.74, 6) is 0.892. The van der Waals surface area contributed by atoms with Crippen LogP contribution in [0.15, 0.2) is 49.1 Å². The third-order valence-corrected chi connectivity index (χ3v) is 4.97. The molecule has 3 heteroatoms. The fraction of sp³-hybridized carbons (Fsp3) is 0.364. The summed E-state index contributed by atoms with van der Waals surface area (Å²) in [5.41, 5.74) is 5.85. The van der Waals surface area contributed by atoms with Crippen LogP contribution < -0.4 is 4.74 Å². The van der Waals surface area contributed by atoms with Gasteiger partial charge in [0.15, 0.2) is 0 Å². The number of aliphatic hydroxyl groups excluding tert-OH is 1. The van der Waals surface area contributed by atoms with E-state index >= 15 is 0 Å². The average Bonchev–Trinajstić information content (AvgIpc) is 2.99. The minimum absolute atomic E-state index is 0.549. The van der Waals surface area contributed by atoms with Crippen LogP contribution >= 0.6 is 0 Å². The van der Waals surface area contributed by atoms with E-state index < -0.39 is 6.10 Å². The number of hydrogen-bond donors (Lipinski definition) is 1. The van der Waals surface area contributed by atoms with Crippen LogP contribution in [-0.2, 0) is 19.4 Å². The van der Waals surface area contributed by atoms with Crippen molar-refractivity contribution in [2.24, 2.45) is 0 Å². The lowest BCUT2D eigenvalue weighted by molar-refractivity contribution is 0.190. The Balaban J connectivity index is 2.24. The van der Waals surface area contributed by atoms with E-state index in [-0.39, 0.29) is 0 Å². The lowest BCUT2D eigenvalue weighted by Gasteiger charge is -2.21. The molecule has 132 valence electrons. The van der Waals surface area contributed by atoms with Crippen LogP contribution in [0.25, 0.3) is 10.9 Å². The van der Waals surface area contributed by atoms with Gasteiger partial charge in [0.2, 0.25) is 0 Å². The molecule has 1 aromatic heterocycles. The number of aromatic nitrogens is 1. The maximum absolute atomic E-state index is 10.3. The maximum atomic E-state index is 10.3. The van der Waals surface area contributed by atoms with E-state index in [1.165, 1.54) is 29.5 Å². The summed E-state index contributed by atoms with van der Waals surface area (Å²) in [6.07, 6.45) is 9.67. The van der Waals surface area contributed by atoms with Gasteiger partial charge in [-0.25, -0.2) is 0 Å². The van der Waals surface area contributed by atoms with Crippen molar-refractivity contribution >= 4 is 10.9 Å². The maximum Gasteiger partial charge on any atom is 0.128 e. The predicted molar refractivity (Wildman–Crippen MR) is 104 cm³/mol. The van der Waals surface area contributed by atoms with Gasteiger partial charge in [-0.15, -0.1) is 0 Å². The zero-order chi connectivity index (χ0) is 18.0. The monoisotopic (exact) mass is 337 g/mol. The van der Waals surface area contributed by atoms with Gasteiger partial charge < -0.3 is 14.4 Å². The van der Waals surface area contributed by atoms with E-state index in [0.717, 1.165) is 35.2 Å². The molecule has 1 heterocycles. The van der Waals surface area contributed by atoms with Crippen LogP contribution in [0.3, 0.4) is 0 Å². The van der Waals surface area contributed by atoms with Crippen LogP contribution in [0.4, 0.5) is 0 Å². The first-order valence-corrected chi connectivity index (χ1v) is 8.93. The van der Waals surface area contributed by atoms with Crippen LogP contribution in [0.1, 0.15) is 42.7 Å². The molecule has 1 aliphatic rings. The lowest BCUT2D eigenvalue weighted by atomic mass is 9.89. The van der Waals surface area contributed by atoms with Crippen LogP contribution in [0.2, 0.25) is 0 Å². The molecular weight excluding hydrogens is 310 g/mol. The molecule has 0 bridgehead atoms. The van der Waals surface area contributed by atoms with Gasteiger partial charge in [-0.2, -0.15) is 0 Å². The van der Waals surface area contributed by atoms with E-state index in [4.69, 9.17) is 4.74 Å². The van der Waals surface area contributed by atoms with E-state index in [0.29, 0.717) is 6.54 Å². The van der Waals surface area contributed by atoms with Gasteiger partial charge in [-0.3, -0.25) is 0 Å². The highest BCUT2D eigenvalue weighted by Crippen LogP contribution is 2.39. The zero-order valence-electron chi connectivity index (χ0n) is 15.2. The molecule has 0 aliphatic heterocycles. The second-order valence-electron chi connectivity index (χ2n) is 6.77. The van der Waals surface area contributed by atoms with Crippen LogP contribution in [-0.4, -0.2) is 16.8 Å². The highest BCUT2D eigenvalue weighted by Gasteiger charge is 2.22. The van der Waals surface area contributed by atoms with Crippen molar-refractivity contribution in [3.8, 4) is 5.75 Å². The molecule has 2 aromatic rings. The summed E-state index contributed by atoms with van der Waals surface area (Å²) in [6.45, 7) is 10.3. The number of methoxy groups -OCH3 is 1. The largest absolute Gasteiger partial charge is 0.496 e. The Morgan fingerprint density at radius 3 is 2.80 bits per heavy atom. The van der Waals surface area contributed by atoms with E-state index in [9.17, 15) is 5.11 Å². The summed E-state index contributed by atoms with van der Waals surface area (Å²) in [5, 5.41) is 11.4. The molecule has 1 N–H and O–H groups in total. The topological polar surface area (TPSA) is 34.4 Å². The summed E-state index contributed by atoms with van der Waals surface area (Å²) in [6, 6.07) is 4.25. The molecule has 1 atom stereocenters. The first-order valence-electron chi connectivity index (χ1n) is 8.93. The first kappa shape index (κ1) is 17.6. The van der Waals surface area contributed by atoms with Gasteiger partial charge in [-0.05, 0) is 61.4 Å². The fourth-order valence-corrected chi connectivity index (χ4v) is 3.82. The Kier molecular flexibility index (Phi) is 5.14. The second-order valence-corrected chi connectivity index (χ2v) is 6.77. The molecule has 1 aromatic carbocycles. The number of ether oxygens (including phenoxy) is 1. The van der Waals surface area contributed by atoms with Crippen molar-refractivity contribution in [1.82, 2.24) is 4.57 Å². The third kappa shape index (κ3) is 3.29. The molecule has 3 nitrogen and oxygen atoms in total. The minimum Gasteiger partial charge on any atom is -0.496 e. The average molecular weight is 337 g/mol. The molecule has 0 amide bonds. The molecule has 0 saturated carbocycles. The van der Waals surface area contributed by atoms with Gasteiger partial charge in [0.25, 0.3) is 0 Å². The number of aliphatic hydroxyl groups is 1. The van der Waals surface area contributed by atoms with Crippen molar-refractivity contribution in [2.75, 3.05) is 7.11 Å². The highest BCUT2D eigenvalue weighted by molar-refractivity contribution is 5.91. The number of nitrogens with zero attached hydrogens (tertiary/aromatic N) is 1. The number of allylic oxidation sites excluding steroid dienone is 4. The number of fused-ring (bicyclic) bond motifs is 3. The molecular formula is C22H27NO2. The molecule has 25 heavy (non-hydrogen) atoms. The van der Waals surface area contributed by atoms with Crippen LogP contribution in [0, 0.1) is 0 Å². The summed E-state index contributed by atoms with van der Waals surface area (Å²) >= 11 is 0. The van der Waals surface area contributed by atoms with Gasteiger partial charge >= 0.3 is 0 Å². The van der Waals surface area contributed by atoms with E-state index in [1.807, 2.05) is 19.1 Å². The number of benzene rings is 1. The SMILES string of the molecule is C=C/C=C\C(=C)Cn1c(C(C)O)cc2c(OC)cc3c(c21)CCCC3. The Hall–Kier alpha value is -2.26. The summed E-state index contributed by atoms with van der Waals surface area (Å²) in [4.78, 5) is 0. The predicted octanol–water partition coefficient (Wildman–Crippen LogP) is 4.88. The van der Waals surface area contributed by atoms with Crippen LogP contribution in [0.5, 0.6) is 5.75 Å². The summed E-state index contributed by atoms with van der Waals surface area (Å²) < 4.78 is 7.88. The Morgan fingerprint density at radius 2 is 2.12 bits per heavy atom. The minimum atomic E-state index is -0.549. The lowest BCUT2D eigenvalue weighted by Crippen LogP contribution is -2.11. The number of hydrogen-bond acceptors (Lipinski definition) is 2. The molecule has 0 saturated heterocycles. The van der Waals surface area contributed by atoms with Crippen molar-refractivity contribution < 1.29 is 9.84 Å². The highest BCUT2D eigenvalue weighted by atomic mass is 16.5. The normalized spacial score (nSPS) is 15.3. The molecule has 1 unspecified atom stereocenters. The first-order chi connectivity index (χ1) is 12.1. The van der Waals surface area contributed by atoms with E-state index in [2.05, 4.69) is 29.9 Å². The Bertz CT molecular complexity index is 840. The zero-order valence-corrected chi connectivity index (χ0v) is 15.2. The van der Waals surface area contributed by atoms with Gasteiger partial charge in [0.1, 0.15) is 5.75 Å². The van der Waals surface area contributed by atoms with Crippen molar-refractivity contribution in [1.29, 1.82) is 0 Å². The molecule has 0 spiro atoms. The number of aryl methyl sites for hydroxylation is 2.